The molecule has 0 saturated carbocycles. The van der Waals surface area contributed by atoms with Crippen LogP contribution in [0, 0.1) is 5.82 Å². The van der Waals surface area contributed by atoms with Gasteiger partial charge in [-0.1, -0.05) is 28.1 Å². The first-order chi connectivity index (χ1) is 9.44. The van der Waals surface area contributed by atoms with Gasteiger partial charge in [0.1, 0.15) is 10.7 Å². The maximum atomic E-state index is 13.6. The van der Waals surface area contributed by atoms with E-state index >= 15 is 0 Å². The Balaban J connectivity index is 2.43. The zero-order valence-electron chi connectivity index (χ0n) is 10.3. The van der Waals surface area contributed by atoms with E-state index in [0.717, 1.165) is 12.1 Å². The van der Waals surface area contributed by atoms with Crippen LogP contribution in [0.5, 0.6) is 11.5 Å². The van der Waals surface area contributed by atoms with Gasteiger partial charge < -0.3 is 8.92 Å². The van der Waals surface area contributed by atoms with Crippen molar-refractivity contribution in [3.63, 3.8) is 0 Å². The molecular weight excluding hydrogens is 351 g/mol. The minimum absolute atomic E-state index is 0.00521. The van der Waals surface area contributed by atoms with Gasteiger partial charge in [0.05, 0.1) is 7.11 Å². The first-order valence-electron chi connectivity index (χ1n) is 5.46. The summed E-state index contributed by atoms with van der Waals surface area (Å²) in [7, 11) is -2.90. The van der Waals surface area contributed by atoms with Gasteiger partial charge in [-0.25, -0.2) is 4.39 Å². The molecule has 4 nitrogen and oxygen atoms in total. The number of methoxy groups -OCH3 is 1. The summed E-state index contributed by atoms with van der Waals surface area (Å²) in [6.45, 7) is 0. The highest BCUT2D eigenvalue weighted by molar-refractivity contribution is 9.10. The van der Waals surface area contributed by atoms with Gasteiger partial charge in [0.2, 0.25) is 0 Å². The fraction of sp³-hybridized carbons (Fsp3) is 0.0769. The molecule has 0 heterocycles. The molecule has 20 heavy (non-hydrogen) atoms. The van der Waals surface area contributed by atoms with Crippen molar-refractivity contribution in [2.45, 2.75) is 4.90 Å². The van der Waals surface area contributed by atoms with Gasteiger partial charge in [0, 0.05) is 4.47 Å². The maximum Gasteiger partial charge on any atom is 0.342 e. The van der Waals surface area contributed by atoms with Crippen molar-refractivity contribution in [1.29, 1.82) is 0 Å². The molecule has 106 valence electrons. The van der Waals surface area contributed by atoms with E-state index in [0.29, 0.717) is 4.47 Å². The molecule has 0 spiro atoms. The SMILES string of the molecule is COc1ccccc1OS(=O)(=O)c1cc(Br)ccc1F. The molecule has 2 aromatic rings. The molecule has 0 fully saturated rings. The van der Waals surface area contributed by atoms with Crippen LogP contribution in [-0.2, 0) is 10.1 Å². The van der Waals surface area contributed by atoms with Crippen LogP contribution in [0.1, 0.15) is 0 Å². The average molecular weight is 361 g/mol. The Bertz CT molecular complexity index is 731. The summed E-state index contributed by atoms with van der Waals surface area (Å²) in [5.74, 6) is -0.649. The fourth-order valence-electron chi connectivity index (χ4n) is 1.52. The van der Waals surface area contributed by atoms with Crippen LogP contribution in [0.4, 0.5) is 4.39 Å². The van der Waals surface area contributed by atoms with Crippen LogP contribution >= 0.6 is 15.9 Å². The predicted octanol–water partition coefficient (Wildman–Crippen LogP) is 3.36. The first-order valence-corrected chi connectivity index (χ1v) is 7.67. The van der Waals surface area contributed by atoms with Crippen LogP contribution in [0.25, 0.3) is 0 Å². The normalized spacial score (nSPS) is 11.2. The van der Waals surface area contributed by atoms with E-state index in [4.69, 9.17) is 8.92 Å². The molecule has 0 aromatic heterocycles. The predicted molar refractivity (Wildman–Crippen MR) is 74.9 cm³/mol. The van der Waals surface area contributed by atoms with Crippen molar-refractivity contribution in [3.8, 4) is 11.5 Å². The van der Waals surface area contributed by atoms with E-state index < -0.39 is 20.8 Å². The lowest BCUT2D eigenvalue weighted by Gasteiger charge is -2.11. The van der Waals surface area contributed by atoms with Crippen LogP contribution < -0.4 is 8.92 Å². The number of halogens is 2. The molecule has 0 saturated heterocycles. The Morgan fingerprint density at radius 3 is 2.40 bits per heavy atom. The highest BCUT2D eigenvalue weighted by Crippen LogP contribution is 2.30. The number of rotatable bonds is 4. The lowest BCUT2D eigenvalue weighted by Crippen LogP contribution is -2.12. The molecular formula is C13H10BrFO4S. The highest BCUT2D eigenvalue weighted by atomic mass is 79.9. The smallest absolute Gasteiger partial charge is 0.342 e. The van der Waals surface area contributed by atoms with E-state index in [9.17, 15) is 12.8 Å². The maximum absolute atomic E-state index is 13.6. The van der Waals surface area contributed by atoms with E-state index in [1.165, 1.54) is 19.2 Å². The number of hydrogen-bond acceptors (Lipinski definition) is 4. The zero-order chi connectivity index (χ0) is 14.8. The van der Waals surface area contributed by atoms with Crippen LogP contribution in [-0.4, -0.2) is 15.5 Å². The lowest BCUT2D eigenvalue weighted by atomic mass is 10.3. The molecule has 0 aliphatic rings. The quantitative estimate of drug-likeness (QED) is 0.784. The second-order valence-corrected chi connectivity index (χ2v) is 6.19. The molecule has 0 radical (unpaired) electrons. The van der Waals surface area contributed by atoms with Crippen molar-refractivity contribution >= 4 is 26.0 Å². The molecule has 2 aromatic carbocycles. The number of benzene rings is 2. The molecule has 0 bridgehead atoms. The molecule has 0 aliphatic heterocycles. The van der Waals surface area contributed by atoms with E-state index in [-0.39, 0.29) is 11.5 Å². The fourth-order valence-corrected chi connectivity index (χ4v) is 3.07. The molecule has 7 heteroatoms. The van der Waals surface area contributed by atoms with E-state index in [2.05, 4.69) is 15.9 Å². The summed E-state index contributed by atoms with van der Waals surface area (Å²) in [6, 6.07) is 9.80. The highest BCUT2D eigenvalue weighted by Gasteiger charge is 2.23. The van der Waals surface area contributed by atoms with Gasteiger partial charge in [-0.3, -0.25) is 0 Å². The molecule has 0 atom stereocenters. The summed E-state index contributed by atoms with van der Waals surface area (Å²) in [5.41, 5.74) is 0. The second kappa shape index (κ2) is 5.80. The molecule has 0 N–H and O–H groups in total. The Morgan fingerprint density at radius 2 is 1.75 bits per heavy atom. The van der Waals surface area contributed by atoms with Gasteiger partial charge >= 0.3 is 10.1 Å². The number of ether oxygens (including phenoxy) is 1. The third-order valence-electron chi connectivity index (χ3n) is 2.43. The zero-order valence-corrected chi connectivity index (χ0v) is 12.7. The Labute approximate surface area is 124 Å². The van der Waals surface area contributed by atoms with Gasteiger partial charge in [0.25, 0.3) is 0 Å². The Morgan fingerprint density at radius 1 is 1.10 bits per heavy atom. The lowest BCUT2D eigenvalue weighted by molar-refractivity contribution is 0.389. The van der Waals surface area contributed by atoms with Crippen LogP contribution in [0.15, 0.2) is 51.8 Å². The Hall–Kier alpha value is -1.60. The van der Waals surface area contributed by atoms with Crippen LogP contribution in [0.3, 0.4) is 0 Å². The van der Waals surface area contributed by atoms with Gasteiger partial charge in [-0.05, 0) is 30.3 Å². The summed E-state index contributed by atoms with van der Waals surface area (Å²) in [6.07, 6.45) is 0. The van der Waals surface area contributed by atoms with Gasteiger partial charge in [-0.2, -0.15) is 8.42 Å². The monoisotopic (exact) mass is 360 g/mol. The largest absolute Gasteiger partial charge is 0.493 e. The summed E-state index contributed by atoms with van der Waals surface area (Å²) in [5, 5.41) is 0. The number of para-hydroxylation sites is 2. The minimum atomic E-state index is -4.28. The summed E-state index contributed by atoms with van der Waals surface area (Å²) >= 11 is 3.09. The second-order valence-electron chi connectivity index (χ2n) is 3.76. The molecule has 2 rings (SSSR count). The Kier molecular flexibility index (Phi) is 4.29. The number of hydrogen-bond donors (Lipinski definition) is 0. The van der Waals surface area contributed by atoms with Crippen molar-refractivity contribution in [2.24, 2.45) is 0 Å². The minimum Gasteiger partial charge on any atom is -0.493 e. The summed E-state index contributed by atoms with van der Waals surface area (Å²) < 4.78 is 48.2. The average Bonchev–Trinajstić information content (AvgIpc) is 2.41. The third-order valence-corrected chi connectivity index (χ3v) is 4.17. The van der Waals surface area contributed by atoms with Crippen molar-refractivity contribution in [3.05, 3.63) is 52.8 Å². The first kappa shape index (κ1) is 14.8. The summed E-state index contributed by atoms with van der Waals surface area (Å²) in [4.78, 5) is -0.544. The van der Waals surface area contributed by atoms with Crippen molar-refractivity contribution < 1.29 is 21.7 Å². The van der Waals surface area contributed by atoms with Crippen LogP contribution in [0.2, 0.25) is 0 Å². The molecule has 0 amide bonds. The molecule has 0 aliphatic carbocycles. The standard InChI is InChI=1S/C13H10BrFO4S/c1-18-11-4-2-3-5-12(11)19-20(16,17)13-8-9(14)6-7-10(13)15/h2-8H,1H3. The van der Waals surface area contributed by atoms with E-state index in [1.54, 1.807) is 18.2 Å². The van der Waals surface area contributed by atoms with E-state index in [1.807, 2.05) is 0 Å². The topological polar surface area (TPSA) is 52.6 Å². The molecule has 0 unspecified atom stereocenters. The van der Waals surface area contributed by atoms with Gasteiger partial charge in [-0.15, -0.1) is 0 Å². The third kappa shape index (κ3) is 3.10. The van der Waals surface area contributed by atoms with Gasteiger partial charge in [0.15, 0.2) is 11.5 Å². The van der Waals surface area contributed by atoms with Crippen molar-refractivity contribution in [1.82, 2.24) is 0 Å². The van der Waals surface area contributed by atoms with Crippen molar-refractivity contribution in [2.75, 3.05) is 7.11 Å².